The van der Waals surface area contributed by atoms with E-state index in [0.717, 1.165) is 0 Å². The van der Waals surface area contributed by atoms with Crippen LogP contribution in [0.15, 0.2) is 0 Å². The maximum atomic E-state index is 8.48. The molecule has 5 nitrogen and oxygen atoms in total. The molecular weight excluding hydrogens is 491 g/mol. The molecular formula is C32H72N2O3P+. The van der Waals surface area contributed by atoms with Gasteiger partial charge in [0, 0.05) is 0 Å². The van der Waals surface area contributed by atoms with Crippen LogP contribution in [-0.2, 0) is 4.57 Å². The van der Waals surface area contributed by atoms with E-state index in [2.05, 4.69) is 55.4 Å². The van der Waals surface area contributed by atoms with Gasteiger partial charge in [-0.1, -0.05) is 111 Å². The Morgan fingerprint density at radius 1 is 0.368 bits per heavy atom. The van der Waals surface area contributed by atoms with E-state index in [1.165, 1.54) is 164 Å². The molecule has 0 saturated carbocycles. The first-order chi connectivity index (χ1) is 18.2. The Bertz CT molecular complexity index is 363. The first-order valence-electron chi connectivity index (χ1n) is 16.7. The van der Waals surface area contributed by atoms with Crippen molar-refractivity contribution in [1.82, 2.24) is 0 Å². The van der Waals surface area contributed by atoms with Crippen molar-refractivity contribution in [2.24, 2.45) is 0 Å². The average molecular weight is 564 g/mol. The van der Waals surface area contributed by atoms with Crippen LogP contribution < -0.4 is 9.79 Å². The lowest BCUT2D eigenvalue weighted by Crippen LogP contribution is -2.50. The Balaban J connectivity index is -0.000000564. The zero-order valence-corrected chi connectivity index (χ0v) is 28.4. The van der Waals surface area contributed by atoms with E-state index in [9.17, 15) is 0 Å². The number of unbranched alkanes of at least 4 members (excludes halogenated alkanes) is 8. The van der Waals surface area contributed by atoms with Gasteiger partial charge in [0.15, 0.2) is 0 Å². The van der Waals surface area contributed by atoms with Gasteiger partial charge in [0.05, 0.1) is 52.4 Å². The molecule has 0 aromatic carbocycles. The summed E-state index contributed by atoms with van der Waals surface area (Å²) in [4.78, 5) is 17.0. The van der Waals surface area contributed by atoms with E-state index in [1.54, 1.807) is 0 Å². The topological polar surface area (TPSA) is 63.2 Å². The van der Waals surface area contributed by atoms with Gasteiger partial charge in [-0.2, -0.15) is 0 Å². The smallest absolute Gasteiger partial charge is 0.276 e. The summed E-state index contributed by atoms with van der Waals surface area (Å²) in [5.74, 6) is 0. The molecule has 6 heteroatoms. The first-order valence-corrected chi connectivity index (χ1v) is 17.8. The highest BCUT2D eigenvalue weighted by Gasteiger charge is 2.25. The standard InChI is InChI=1S/2C16H36N.HO3P/c2*1-5-9-13-17(14-10-6-2,15-11-7-3)16-12-8-4;1-4(2)3/h2*5-16H2,1-4H3;(H,1,2,3)/q2*+1;/p-1. The lowest BCUT2D eigenvalue weighted by molar-refractivity contribution is -0.929. The fourth-order valence-corrected chi connectivity index (χ4v) is 5.29. The fourth-order valence-electron chi connectivity index (χ4n) is 5.29. The largest absolute Gasteiger partial charge is 0.598 e. The molecule has 0 amide bonds. The highest BCUT2D eigenvalue weighted by Crippen LogP contribution is 2.17. The number of hydrogen-bond acceptors (Lipinski definition) is 3. The second-order valence-electron chi connectivity index (χ2n) is 11.5. The molecule has 0 saturated heterocycles. The molecule has 0 heterocycles. The molecule has 0 N–H and O–H groups in total. The van der Waals surface area contributed by atoms with Gasteiger partial charge < -0.3 is 18.8 Å². The van der Waals surface area contributed by atoms with Crippen molar-refractivity contribution in [3.63, 3.8) is 0 Å². The summed E-state index contributed by atoms with van der Waals surface area (Å²) < 4.78 is 11.3. The molecule has 0 aliphatic carbocycles. The normalized spacial score (nSPS) is 11.4. The Kier molecular flexibility index (Phi) is 35.1. The van der Waals surface area contributed by atoms with Crippen LogP contribution in [0.3, 0.4) is 0 Å². The van der Waals surface area contributed by atoms with Gasteiger partial charge in [0.2, 0.25) is 0 Å². The zero-order chi connectivity index (χ0) is 29.5. The lowest BCUT2D eigenvalue weighted by Gasteiger charge is -2.39. The monoisotopic (exact) mass is 564 g/mol. The molecule has 0 bridgehead atoms. The van der Waals surface area contributed by atoms with Crippen LogP contribution in [0.2, 0.25) is 0 Å². The molecule has 38 heavy (non-hydrogen) atoms. The quantitative estimate of drug-likeness (QED) is 0.0875. The maximum absolute atomic E-state index is 8.48. The molecule has 0 aromatic heterocycles. The van der Waals surface area contributed by atoms with E-state index in [0.29, 0.717) is 0 Å². The minimum Gasteiger partial charge on any atom is -0.598 e. The van der Waals surface area contributed by atoms with Gasteiger partial charge >= 0.3 is 0 Å². The molecule has 0 aliphatic heterocycles. The van der Waals surface area contributed by atoms with Crippen molar-refractivity contribution in [3.8, 4) is 0 Å². The third kappa shape index (κ3) is 27.5. The Morgan fingerprint density at radius 3 is 0.553 bits per heavy atom. The number of rotatable bonds is 24. The highest BCUT2D eigenvalue weighted by molar-refractivity contribution is 7.27. The summed E-state index contributed by atoms with van der Waals surface area (Å²) in [6, 6.07) is 0. The first kappa shape index (κ1) is 42.4. The number of hydrogen-bond donors (Lipinski definition) is 0. The van der Waals surface area contributed by atoms with E-state index in [1.807, 2.05) is 0 Å². The van der Waals surface area contributed by atoms with Crippen LogP contribution in [0.1, 0.15) is 158 Å². The van der Waals surface area contributed by atoms with Crippen molar-refractivity contribution in [3.05, 3.63) is 0 Å². The summed E-state index contributed by atoms with van der Waals surface area (Å²) >= 11 is 0. The third-order valence-electron chi connectivity index (χ3n) is 7.89. The molecule has 0 spiro atoms. The lowest BCUT2D eigenvalue weighted by atomic mass is 10.1. The molecule has 0 rings (SSSR count). The maximum Gasteiger partial charge on any atom is 0.276 e. The average Bonchev–Trinajstić information content (AvgIpc) is 2.91. The second kappa shape index (κ2) is 31.5. The van der Waals surface area contributed by atoms with E-state index < -0.39 is 8.25 Å². The van der Waals surface area contributed by atoms with E-state index >= 15 is 0 Å². The van der Waals surface area contributed by atoms with Crippen molar-refractivity contribution < 1.29 is 23.3 Å². The SMILES string of the molecule is CCCC[N+](CCCC)(CCCC)CCCC.CCCC[N+](CCCC)(CCCC)CCCC.O=[P+]([O-])[O-]. The molecule has 0 aliphatic rings. The minimum atomic E-state index is -3.37. The van der Waals surface area contributed by atoms with Crippen LogP contribution in [0.5, 0.6) is 0 Å². The van der Waals surface area contributed by atoms with Crippen molar-refractivity contribution >= 4 is 8.25 Å². The van der Waals surface area contributed by atoms with E-state index in [4.69, 9.17) is 14.4 Å². The van der Waals surface area contributed by atoms with Crippen LogP contribution >= 0.6 is 8.25 Å². The summed E-state index contributed by atoms with van der Waals surface area (Å²) in [5.41, 5.74) is 0. The van der Waals surface area contributed by atoms with Gasteiger partial charge in [-0.25, -0.2) is 0 Å². The summed E-state index contributed by atoms with van der Waals surface area (Å²) in [6.45, 7) is 30.0. The third-order valence-corrected chi connectivity index (χ3v) is 7.89. The molecule has 0 unspecified atom stereocenters. The van der Waals surface area contributed by atoms with Gasteiger partial charge in [-0.05, 0) is 51.4 Å². The molecule has 0 atom stereocenters. The molecule has 0 aromatic rings. The van der Waals surface area contributed by atoms with Crippen molar-refractivity contribution in [1.29, 1.82) is 0 Å². The molecule has 232 valence electrons. The predicted molar refractivity (Wildman–Crippen MR) is 166 cm³/mol. The number of nitrogens with zero attached hydrogens (tertiary/aromatic N) is 2. The fraction of sp³-hybridized carbons (Fsp3) is 1.00. The van der Waals surface area contributed by atoms with Gasteiger partial charge in [-0.3, -0.25) is 0 Å². The number of quaternary nitrogens is 2. The van der Waals surface area contributed by atoms with Gasteiger partial charge in [0.25, 0.3) is 8.25 Å². The van der Waals surface area contributed by atoms with Gasteiger partial charge in [-0.15, -0.1) is 0 Å². The Labute approximate surface area is 241 Å². The van der Waals surface area contributed by atoms with Gasteiger partial charge in [0.1, 0.15) is 0 Å². The zero-order valence-electron chi connectivity index (χ0n) is 27.5. The second-order valence-corrected chi connectivity index (χ2v) is 12.0. The van der Waals surface area contributed by atoms with Crippen LogP contribution in [0.25, 0.3) is 0 Å². The highest BCUT2D eigenvalue weighted by atomic mass is 31.1. The van der Waals surface area contributed by atoms with Crippen molar-refractivity contribution in [2.45, 2.75) is 158 Å². The molecule has 0 fully saturated rings. The Morgan fingerprint density at radius 2 is 0.474 bits per heavy atom. The minimum absolute atomic E-state index is 1.35. The predicted octanol–water partition coefficient (Wildman–Crippen LogP) is 8.37. The summed E-state index contributed by atoms with van der Waals surface area (Å²) in [7, 11) is -3.37. The summed E-state index contributed by atoms with van der Waals surface area (Å²) in [5, 5.41) is 0. The van der Waals surface area contributed by atoms with Crippen LogP contribution in [0, 0.1) is 0 Å². The molecule has 0 radical (unpaired) electrons. The van der Waals surface area contributed by atoms with Crippen LogP contribution in [0.4, 0.5) is 0 Å². The van der Waals surface area contributed by atoms with E-state index in [-0.39, 0.29) is 0 Å². The Hall–Kier alpha value is -0.0600. The van der Waals surface area contributed by atoms with Crippen molar-refractivity contribution in [2.75, 3.05) is 52.4 Å². The van der Waals surface area contributed by atoms with Crippen LogP contribution in [-0.4, -0.2) is 61.3 Å². The summed E-state index contributed by atoms with van der Waals surface area (Å²) in [6.07, 6.45) is 22.1.